The van der Waals surface area contributed by atoms with Crippen LogP contribution in [-0.2, 0) is 14.4 Å². The fraction of sp³-hybridized carbons (Fsp3) is 0.154. The molecule has 1 aliphatic rings. The smallest absolute Gasteiger partial charge is 0.262 e. The molecule has 0 saturated carbocycles. The second kappa shape index (κ2) is 5.17. The second-order valence-electron chi connectivity index (χ2n) is 4.46. The number of alkyl halides is 3. The van der Waals surface area contributed by atoms with Crippen molar-refractivity contribution in [3.05, 3.63) is 42.0 Å². The number of benzene rings is 2. The zero-order chi connectivity index (χ0) is 16.0. The Labute approximate surface area is 128 Å². The summed E-state index contributed by atoms with van der Waals surface area (Å²) in [5.74, 6) is 0.247. The van der Waals surface area contributed by atoms with Crippen molar-refractivity contribution in [2.45, 2.75) is 10.4 Å². The molecular formula is C13H8F3NO3S2. The highest BCUT2D eigenvalue weighted by Gasteiger charge is 2.49. The molecule has 22 heavy (non-hydrogen) atoms. The van der Waals surface area contributed by atoms with Gasteiger partial charge in [0.2, 0.25) is 0 Å². The summed E-state index contributed by atoms with van der Waals surface area (Å²) >= 11 is 1.36. The van der Waals surface area contributed by atoms with Gasteiger partial charge in [-0.1, -0.05) is 35.5 Å². The van der Waals surface area contributed by atoms with E-state index in [-0.39, 0.29) is 11.5 Å². The highest BCUT2D eigenvalue weighted by Crippen LogP contribution is 2.37. The van der Waals surface area contributed by atoms with Gasteiger partial charge in [-0.2, -0.15) is 21.6 Å². The summed E-state index contributed by atoms with van der Waals surface area (Å²) in [4.78, 5) is 0.824. The van der Waals surface area contributed by atoms with Gasteiger partial charge in [0, 0.05) is 16.2 Å². The van der Waals surface area contributed by atoms with Gasteiger partial charge in [-0.3, -0.25) is 4.28 Å². The van der Waals surface area contributed by atoms with E-state index in [9.17, 15) is 21.6 Å². The number of oxime groups is 1. The third-order valence-corrected chi connectivity index (χ3v) is 4.98. The number of thioether (sulfide) groups is 1. The van der Waals surface area contributed by atoms with E-state index in [4.69, 9.17) is 0 Å². The van der Waals surface area contributed by atoms with E-state index in [1.807, 2.05) is 24.3 Å². The number of hydrogen-bond acceptors (Lipinski definition) is 5. The number of hydrogen-bond donors (Lipinski definition) is 0. The number of halogens is 3. The van der Waals surface area contributed by atoms with E-state index in [1.165, 1.54) is 11.8 Å². The molecule has 3 rings (SSSR count). The summed E-state index contributed by atoms with van der Waals surface area (Å²) in [6, 6.07) is 11.0. The molecule has 0 saturated heterocycles. The SMILES string of the molecule is O=S(=O)(ON=C1CSc2ccc3ccccc3c21)C(F)(F)F. The minimum atomic E-state index is -5.74. The Kier molecular flexibility index (Phi) is 3.56. The van der Waals surface area contributed by atoms with Gasteiger partial charge in [-0.25, -0.2) is 0 Å². The predicted octanol–water partition coefficient (Wildman–Crippen LogP) is 3.52. The van der Waals surface area contributed by atoms with Crippen LogP contribution in [-0.4, -0.2) is 25.4 Å². The van der Waals surface area contributed by atoms with Gasteiger partial charge in [-0.15, -0.1) is 11.8 Å². The summed E-state index contributed by atoms with van der Waals surface area (Å²) in [5.41, 5.74) is -4.71. The molecular weight excluding hydrogens is 339 g/mol. The van der Waals surface area contributed by atoms with Gasteiger partial charge in [0.05, 0.1) is 0 Å². The molecule has 9 heteroatoms. The Morgan fingerprint density at radius 3 is 2.59 bits per heavy atom. The highest BCUT2D eigenvalue weighted by molar-refractivity contribution is 8.00. The zero-order valence-corrected chi connectivity index (χ0v) is 12.4. The highest BCUT2D eigenvalue weighted by atomic mass is 32.2. The molecule has 0 N–H and O–H groups in total. The van der Waals surface area contributed by atoms with Crippen LogP contribution in [0.2, 0.25) is 0 Å². The van der Waals surface area contributed by atoms with Crippen molar-refractivity contribution in [2.75, 3.05) is 5.75 Å². The second-order valence-corrected chi connectivity index (χ2v) is 7.00. The molecule has 0 aliphatic carbocycles. The molecule has 2 aromatic carbocycles. The lowest BCUT2D eigenvalue weighted by atomic mass is 10.0. The summed E-state index contributed by atoms with van der Waals surface area (Å²) < 4.78 is 62.5. The molecule has 0 unspecified atom stereocenters. The molecule has 1 heterocycles. The Hall–Kier alpha value is -1.74. The minimum absolute atomic E-state index is 0.171. The van der Waals surface area contributed by atoms with Gasteiger partial charge in [0.25, 0.3) is 0 Å². The van der Waals surface area contributed by atoms with Crippen molar-refractivity contribution in [1.29, 1.82) is 0 Å². The van der Waals surface area contributed by atoms with E-state index in [2.05, 4.69) is 9.44 Å². The van der Waals surface area contributed by atoms with Crippen molar-refractivity contribution < 1.29 is 25.9 Å². The third-order valence-electron chi connectivity index (χ3n) is 3.07. The number of nitrogens with zero attached hydrogens (tertiary/aromatic N) is 1. The average molecular weight is 347 g/mol. The number of fused-ring (bicyclic) bond motifs is 3. The normalized spacial score (nSPS) is 17.0. The van der Waals surface area contributed by atoms with E-state index in [0.29, 0.717) is 5.56 Å². The van der Waals surface area contributed by atoms with Crippen LogP contribution in [0.3, 0.4) is 0 Å². The maximum Gasteiger partial charge on any atom is 0.536 e. The number of rotatable bonds is 2. The summed E-state index contributed by atoms with van der Waals surface area (Å²) in [6.07, 6.45) is 0. The fourth-order valence-electron chi connectivity index (χ4n) is 2.10. The van der Waals surface area contributed by atoms with E-state index in [0.717, 1.165) is 15.7 Å². The lowest BCUT2D eigenvalue weighted by molar-refractivity contribution is -0.0540. The van der Waals surface area contributed by atoms with Crippen LogP contribution >= 0.6 is 11.8 Å². The molecule has 0 bridgehead atoms. The first-order valence-corrected chi connectivity index (χ1v) is 8.41. The Balaban J connectivity index is 2.05. The zero-order valence-electron chi connectivity index (χ0n) is 10.8. The lowest BCUT2D eigenvalue weighted by Gasteiger charge is -2.07. The minimum Gasteiger partial charge on any atom is -0.262 e. The van der Waals surface area contributed by atoms with E-state index < -0.39 is 15.6 Å². The molecule has 116 valence electrons. The van der Waals surface area contributed by atoms with Crippen molar-refractivity contribution in [1.82, 2.24) is 0 Å². The van der Waals surface area contributed by atoms with Gasteiger partial charge in [-0.05, 0) is 16.8 Å². The Morgan fingerprint density at radius 2 is 1.86 bits per heavy atom. The van der Waals surface area contributed by atoms with Crippen molar-refractivity contribution in [2.24, 2.45) is 5.16 Å². The lowest BCUT2D eigenvalue weighted by Crippen LogP contribution is -2.24. The molecule has 0 radical (unpaired) electrons. The van der Waals surface area contributed by atoms with Crippen LogP contribution < -0.4 is 0 Å². The average Bonchev–Trinajstić information content (AvgIpc) is 2.87. The standard InChI is InChI=1S/C13H8F3NO3S2/c14-13(15,16)22(18,19)20-17-10-7-21-11-6-5-8-3-1-2-4-9(8)12(10)11/h1-6H,7H2. The first kappa shape index (κ1) is 15.2. The van der Waals surface area contributed by atoms with E-state index in [1.54, 1.807) is 12.1 Å². The first-order valence-electron chi connectivity index (χ1n) is 6.01. The summed E-state index contributed by atoms with van der Waals surface area (Å²) in [7, 11) is -5.74. The molecule has 0 fully saturated rings. The van der Waals surface area contributed by atoms with Crippen molar-refractivity contribution in [3.63, 3.8) is 0 Å². The topological polar surface area (TPSA) is 55.7 Å². The molecule has 1 aliphatic heterocycles. The Morgan fingerprint density at radius 1 is 1.14 bits per heavy atom. The van der Waals surface area contributed by atoms with Gasteiger partial charge in [0.15, 0.2) is 0 Å². The molecule has 0 amide bonds. The predicted molar refractivity (Wildman–Crippen MR) is 77.3 cm³/mol. The summed E-state index contributed by atoms with van der Waals surface area (Å²) in [6.45, 7) is 0. The van der Waals surface area contributed by atoms with Gasteiger partial charge < -0.3 is 0 Å². The molecule has 2 aromatic rings. The van der Waals surface area contributed by atoms with Crippen molar-refractivity contribution >= 4 is 38.4 Å². The van der Waals surface area contributed by atoms with Crippen LogP contribution in [0.25, 0.3) is 10.8 Å². The van der Waals surface area contributed by atoms with Crippen LogP contribution in [0.4, 0.5) is 13.2 Å². The van der Waals surface area contributed by atoms with E-state index >= 15 is 0 Å². The largest absolute Gasteiger partial charge is 0.536 e. The third kappa shape index (κ3) is 2.54. The van der Waals surface area contributed by atoms with Gasteiger partial charge in [0.1, 0.15) is 5.71 Å². The quantitative estimate of drug-likeness (QED) is 0.616. The Bertz CT molecular complexity index is 876. The molecule has 0 aromatic heterocycles. The first-order chi connectivity index (χ1) is 10.3. The van der Waals surface area contributed by atoms with Crippen molar-refractivity contribution in [3.8, 4) is 0 Å². The van der Waals surface area contributed by atoms with Crippen LogP contribution in [0.1, 0.15) is 5.56 Å². The summed E-state index contributed by atoms with van der Waals surface area (Å²) in [5, 5.41) is 4.91. The van der Waals surface area contributed by atoms with Crippen LogP contribution in [0, 0.1) is 0 Å². The molecule has 0 spiro atoms. The maximum absolute atomic E-state index is 12.3. The fourth-order valence-corrected chi connectivity index (χ4v) is 3.39. The molecule has 0 atom stereocenters. The molecule has 4 nitrogen and oxygen atoms in total. The monoisotopic (exact) mass is 347 g/mol. The van der Waals surface area contributed by atoms with Crippen LogP contribution in [0.15, 0.2) is 46.4 Å². The van der Waals surface area contributed by atoms with Crippen LogP contribution in [0.5, 0.6) is 0 Å². The maximum atomic E-state index is 12.3. The van der Waals surface area contributed by atoms with Gasteiger partial charge >= 0.3 is 15.6 Å².